The van der Waals surface area contributed by atoms with Gasteiger partial charge in [0.05, 0.1) is 0 Å². The Morgan fingerprint density at radius 1 is 1.47 bits per heavy atom. The molecule has 2 heterocycles. The molecule has 1 aromatic carbocycles. The lowest BCUT2D eigenvalue weighted by Crippen LogP contribution is -2.53. The van der Waals surface area contributed by atoms with Crippen LogP contribution < -0.4 is 5.32 Å². The van der Waals surface area contributed by atoms with Crippen LogP contribution in [0.2, 0.25) is 0 Å². The van der Waals surface area contributed by atoms with Crippen LogP contribution in [0.15, 0.2) is 29.3 Å². The Kier molecular flexibility index (Phi) is 2.86. The van der Waals surface area contributed by atoms with Gasteiger partial charge in [0.2, 0.25) is 0 Å². The van der Waals surface area contributed by atoms with Gasteiger partial charge in [-0.3, -0.25) is 4.79 Å². The molecule has 0 unspecified atom stereocenters. The molecule has 5 heteroatoms. The van der Waals surface area contributed by atoms with Crippen molar-refractivity contribution in [3.63, 3.8) is 0 Å². The fourth-order valence-electron chi connectivity index (χ4n) is 2.76. The van der Waals surface area contributed by atoms with Gasteiger partial charge in [0.25, 0.3) is 5.91 Å². The van der Waals surface area contributed by atoms with Gasteiger partial charge >= 0.3 is 0 Å². The molecule has 1 atom stereocenters. The second kappa shape index (κ2) is 4.42. The monoisotopic (exact) mass is 261 g/mol. The highest BCUT2D eigenvalue weighted by atomic mass is 19.1. The third kappa shape index (κ3) is 1.94. The number of carbonyl (C=O) groups excluding carboxylic acids is 1. The van der Waals surface area contributed by atoms with E-state index in [-0.39, 0.29) is 11.7 Å². The van der Waals surface area contributed by atoms with E-state index >= 15 is 0 Å². The maximum Gasteiger partial charge on any atom is 0.274 e. The normalized spacial score (nSPS) is 26.9. The Bertz CT molecular complexity index is 549. The summed E-state index contributed by atoms with van der Waals surface area (Å²) in [5, 5.41) is 3.28. The molecule has 3 rings (SSSR count). The minimum Gasteiger partial charge on any atom is -0.314 e. The van der Waals surface area contributed by atoms with Gasteiger partial charge in [-0.15, -0.1) is 0 Å². The van der Waals surface area contributed by atoms with Crippen molar-refractivity contribution in [2.45, 2.75) is 18.5 Å². The molecule has 0 radical (unpaired) electrons. The van der Waals surface area contributed by atoms with Gasteiger partial charge in [-0.2, -0.15) is 0 Å². The molecule has 2 aliphatic heterocycles. The number of amides is 1. The predicted molar refractivity (Wildman–Crippen MR) is 70.5 cm³/mol. The molecule has 19 heavy (non-hydrogen) atoms. The SMILES string of the molecule is CN1C(=O)C(c2cccc(F)c2)=N[C@]12CCCNC2. The van der Waals surface area contributed by atoms with E-state index < -0.39 is 5.66 Å². The number of hydrogen-bond acceptors (Lipinski definition) is 3. The van der Waals surface area contributed by atoms with Crippen molar-refractivity contribution >= 4 is 11.6 Å². The first-order valence-corrected chi connectivity index (χ1v) is 6.47. The van der Waals surface area contributed by atoms with Gasteiger partial charge < -0.3 is 10.2 Å². The first-order valence-electron chi connectivity index (χ1n) is 6.47. The van der Waals surface area contributed by atoms with Gasteiger partial charge in [-0.05, 0) is 31.5 Å². The number of hydrogen-bond donors (Lipinski definition) is 1. The van der Waals surface area contributed by atoms with Crippen molar-refractivity contribution in [3.8, 4) is 0 Å². The van der Waals surface area contributed by atoms with E-state index in [1.54, 1.807) is 24.1 Å². The molecular weight excluding hydrogens is 245 g/mol. The topological polar surface area (TPSA) is 44.7 Å². The molecule has 1 saturated heterocycles. The highest BCUT2D eigenvalue weighted by molar-refractivity contribution is 6.46. The highest BCUT2D eigenvalue weighted by Crippen LogP contribution is 2.31. The quantitative estimate of drug-likeness (QED) is 0.824. The number of likely N-dealkylation sites (N-methyl/N-ethyl adjacent to an activating group) is 1. The summed E-state index contributed by atoms with van der Waals surface area (Å²) in [5.74, 6) is -0.479. The standard InChI is InChI=1S/C14H16FN3O/c1-18-13(19)12(10-4-2-5-11(15)8-10)17-14(18)6-3-7-16-9-14/h2,4-5,8,16H,3,6-7,9H2,1H3/t14-/m1/s1. The van der Waals surface area contributed by atoms with E-state index in [0.29, 0.717) is 17.8 Å². The van der Waals surface area contributed by atoms with Crippen molar-refractivity contribution in [2.75, 3.05) is 20.1 Å². The van der Waals surface area contributed by atoms with Crippen LogP contribution in [0, 0.1) is 5.82 Å². The average molecular weight is 261 g/mol. The number of piperidine rings is 1. The number of benzene rings is 1. The minimum atomic E-state index is -0.489. The molecule has 1 amide bonds. The lowest BCUT2D eigenvalue weighted by molar-refractivity contribution is -0.126. The third-order valence-corrected chi connectivity index (χ3v) is 3.89. The summed E-state index contributed by atoms with van der Waals surface area (Å²) in [7, 11) is 1.77. The van der Waals surface area contributed by atoms with Crippen LogP contribution in [-0.2, 0) is 4.79 Å². The van der Waals surface area contributed by atoms with Crippen LogP contribution in [0.3, 0.4) is 0 Å². The fraction of sp³-hybridized carbons (Fsp3) is 0.429. The van der Waals surface area contributed by atoms with E-state index in [1.165, 1.54) is 12.1 Å². The predicted octanol–water partition coefficient (Wildman–Crippen LogP) is 1.17. The first kappa shape index (κ1) is 12.3. The molecule has 2 aliphatic rings. The summed E-state index contributed by atoms with van der Waals surface area (Å²) in [6.07, 6.45) is 1.83. The number of nitrogens with one attached hydrogen (secondary N) is 1. The molecule has 4 nitrogen and oxygen atoms in total. The van der Waals surface area contributed by atoms with Gasteiger partial charge in [0.1, 0.15) is 17.2 Å². The highest BCUT2D eigenvalue weighted by Gasteiger charge is 2.45. The van der Waals surface area contributed by atoms with E-state index in [1.807, 2.05) is 0 Å². The van der Waals surface area contributed by atoms with Crippen molar-refractivity contribution in [1.29, 1.82) is 0 Å². The number of rotatable bonds is 1. The van der Waals surface area contributed by atoms with E-state index in [0.717, 1.165) is 19.4 Å². The largest absolute Gasteiger partial charge is 0.314 e. The van der Waals surface area contributed by atoms with Crippen LogP contribution in [0.4, 0.5) is 4.39 Å². The zero-order valence-corrected chi connectivity index (χ0v) is 10.8. The minimum absolute atomic E-state index is 0.130. The van der Waals surface area contributed by atoms with Crippen molar-refractivity contribution in [3.05, 3.63) is 35.6 Å². The third-order valence-electron chi connectivity index (χ3n) is 3.89. The zero-order valence-electron chi connectivity index (χ0n) is 10.8. The second-order valence-electron chi connectivity index (χ2n) is 5.10. The van der Waals surface area contributed by atoms with E-state index in [9.17, 15) is 9.18 Å². The summed E-state index contributed by atoms with van der Waals surface area (Å²) >= 11 is 0. The maximum absolute atomic E-state index is 13.3. The summed E-state index contributed by atoms with van der Waals surface area (Å²) < 4.78 is 13.3. The Labute approximate surface area is 111 Å². The number of nitrogens with zero attached hydrogens (tertiary/aromatic N) is 2. The number of halogens is 1. The lowest BCUT2D eigenvalue weighted by Gasteiger charge is -2.37. The van der Waals surface area contributed by atoms with Crippen molar-refractivity contribution in [1.82, 2.24) is 10.2 Å². The van der Waals surface area contributed by atoms with Crippen LogP contribution in [-0.4, -0.2) is 42.3 Å². The van der Waals surface area contributed by atoms with Crippen molar-refractivity contribution < 1.29 is 9.18 Å². The molecule has 0 bridgehead atoms. The summed E-state index contributed by atoms with van der Waals surface area (Å²) in [4.78, 5) is 18.6. The summed E-state index contributed by atoms with van der Waals surface area (Å²) in [5.41, 5.74) is 0.432. The molecule has 0 aliphatic carbocycles. The molecule has 0 saturated carbocycles. The van der Waals surface area contributed by atoms with Crippen molar-refractivity contribution in [2.24, 2.45) is 4.99 Å². The van der Waals surface area contributed by atoms with Gasteiger partial charge in [-0.1, -0.05) is 12.1 Å². The Balaban J connectivity index is 2.01. The molecule has 1 spiro atoms. The second-order valence-corrected chi connectivity index (χ2v) is 5.10. The maximum atomic E-state index is 13.3. The molecule has 100 valence electrons. The van der Waals surface area contributed by atoms with E-state index in [4.69, 9.17) is 0 Å². The van der Waals surface area contributed by atoms with Crippen LogP contribution >= 0.6 is 0 Å². The zero-order chi connectivity index (χ0) is 13.5. The molecule has 1 N–H and O–H groups in total. The van der Waals surface area contributed by atoms with E-state index in [2.05, 4.69) is 10.3 Å². The molecular formula is C14H16FN3O. The summed E-state index contributed by atoms with van der Waals surface area (Å²) in [6, 6.07) is 6.05. The van der Waals surface area contributed by atoms with Crippen LogP contribution in [0.25, 0.3) is 0 Å². The molecule has 1 fully saturated rings. The number of aliphatic imine (C=N–C) groups is 1. The first-order chi connectivity index (χ1) is 9.12. The Hall–Kier alpha value is -1.75. The van der Waals surface area contributed by atoms with Gasteiger partial charge in [0.15, 0.2) is 0 Å². The molecule has 0 aromatic heterocycles. The van der Waals surface area contributed by atoms with Crippen LogP contribution in [0.1, 0.15) is 18.4 Å². The molecule has 1 aromatic rings. The fourth-order valence-corrected chi connectivity index (χ4v) is 2.76. The smallest absolute Gasteiger partial charge is 0.274 e. The number of carbonyl (C=O) groups is 1. The average Bonchev–Trinajstić information content (AvgIpc) is 2.66. The van der Waals surface area contributed by atoms with Gasteiger partial charge in [0, 0.05) is 19.2 Å². The Morgan fingerprint density at radius 2 is 2.32 bits per heavy atom. The summed E-state index contributed by atoms with van der Waals surface area (Å²) in [6.45, 7) is 1.61. The van der Waals surface area contributed by atoms with Gasteiger partial charge in [-0.25, -0.2) is 9.38 Å². The Morgan fingerprint density at radius 3 is 3.00 bits per heavy atom. The lowest BCUT2D eigenvalue weighted by atomic mass is 10.00. The van der Waals surface area contributed by atoms with Crippen LogP contribution in [0.5, 0.6) is 0 Å².